The molecule has 0 saturated carbocycles. The van der Waals surface area contributed by atoms with Crippen molar-refractivity contribution in [2.45, 2.75) is 19.8 Å². The summed E-state index contributed by atoms with van der Waals surface area (Å²) < 4.78 is 5.15. The van der Waals surface area contributed by atoms with Gasteiger partial charge in [-0.2, -0.15) is 0 Å². The van der Waals surface area contributed by atoms with Crippen LogP contribution in [0.3, 0.4) is 0 Å². The van der Waals surface area contributed by atoms with Crippen molar-refractivity contribution >= 4 is 12.0 Å². The number of nitrogens with two attached hydrogens (primary N) is 1. The van der Waals surface area contributed by atoms with Crippen LogP contribution in [0.15, 0.2) is 4.42 Å². The lowest BCUT2D eigenvalue weighted by atomic mass is 10.0. The zero-order chi connectivity index (χ0) is 9.26. The van der Waals surface area contributed by atoms with Crippen LogP contribution in [-0.2, 0) is 0 Å². The molecule has 2 N–H and O–H groups in total. The van der Waals surface area contributed by atoms with Gasteiger partial charge in [0.15, 0.2) is 0 Å². The van der Waals surface area contributed by atoms with Gasteiger partial charge in [-0.3, -0.25) is 0 Å². The summed E-state index contributed by atoms with van der Waals surface area (Å²) in [5.41, 5.74) is 5.35. The number of anilines is 2. The largest absolute Gasteiger partial charge is 0.390 e. The Morgan fingerprint density at radius 2 is 2.38 bits per heavy atom. The molecular weight excluding hydrogens is 168 g/mol. The van der Waals surface area contributed by atoms with Crippen LogP contribution in [-0.4, -0.2) is 23.3 Å². The Bertz CT molecular complexity index is 285. The third kappa shape index (κ3) is 1.74. The average molecular weight is 182 g/mol. The first-order chi connectivity index (χ1) is 6.25. The fourth-order valence-corrected chi connectivity index (χ4v) is 1.72. The first-order valence-electron chi connectivity index (χ1n) is 4.59. The molecule has 1 aliphatic rings. The van der Waals surface area contributed by atoms with Crippen molar-refractivity contribution < 1.29 is 4.42 Å². The van der Waals surface area contributed by atoms with Crippen LogP contribution in [0.2, 0.25) is 0 Å². The van der Waals surface area contributed by atoms with Crippen molar-refractivity contribution in [1.29, 1.82) is 0 Å². The highest BCUT2D eigenvalue weighted by molar-refractivity contribution is 5.28. The predicted molar refractivity (Wildman–Crippen MR) is 49.3 cm³/mol. The van der Waals surface area contributed by atoms with Gasteiger partial charge in [0, 0.05) is 13.1 Å². The fourth-order valence-electron chi connectivity index (χ4n) is 1.72. The number of aromatic nitrogens is 2. The number of hydrogen-bond acceptors (Lipinski definition) is 5. The Balaban J connectivity index is 2.08. The molecular formula is C8H14N4O. The van der Waals surface area contributed by atoms with E-state index in [1.165, 1.54) is 12.8 Å². The van der Waals surface area contributed by atoms with Crippen molar-refractivity contribution in [1.82, 2.24) is 10.2 Å². The monoisotopic (exact) mass is 182 g/mol. The van der Waals surface area contributed by atoms with Gasteiger partial charge in [0.2, 0.25) is 0 Å². The minimum Gasteiger partial charge on any atom is -0.390 e. The molecule has 0 spiro atoms. The number of nitrogens with zero attached hydrogens (tertiary/aromatic N) is 3. The van der Waals surface area contributed by atoms with Crippen LogP contribution in [0.1, 0.15) is 19.8 Å². The molecule has 2 heterocycles. The summed E-state index contributed by atoms with van der Waals surface area (Å²) in [5.74, 6) is 0.696. The summed E-state index contributed by atoms with van der Waals surface area (Å²) in [5, 5.41) is 7.49. The van der Waals surface area contributed by atoms with Crippen LogP contribution in [0.5, 0.6) is 0 Å². The molecule has 1 unspecified atom stereocenters. The zero-order valence-corrected chi connectivity index (χ0v) is 7.73. The average Bonchev–Trinajstić information content (AvgIpc) is 2.52. The third-order valence-electron chi connectivity index (χ3n) is 2.36. The summed E-state index contributed by atoms with van der Waals surface area (Å²) in [6.45, 7) is 4.21. The van der Waals surface area contributed by atoms with Crippen LogP contribution >= 0.6 is 0 Å². The molecule has 1 atom stereocenters. The van der Waals surface area contributed by atoms with Gasteiger partial charge in [0.05, 0.1) is 0 Å². The molecule has 0 aromatic carbocycles. The molecule has 0 amide bonds. The second-order valence-corrected chi connectivity index (χ2v) is 3.62. The topological polar surface area (TPSA) is 68.2 Å². The first kappa shape index (κ1) is 8.34. The lowest BCUT2D eigenvalue weighted by molar-refractivity contribution is 0.419. The smallest absolute Gasteiger partial charge is 0.319 e. The van der Waals surface area contributed by atoms with E-state index in [0.29, 0.717) is 11.9 Å². The van der Waals surface area contributed by atoms with Gasteiger partial charge in [0.1, 0.15) is 0 Å². The molecule has 1 aromatic heterocycles. The van der Waals surface area contributed by atoms with Crippen molar-refractivity contribution in [2.75, 3.05) is 23.7 Å². The Morgan fingerprint density at radius 3 is 3.00 bits per heavy atom. The van der Waals surface area contributed by atoms with E-state index in [9.17, 15) is 0 Å². The number of hydrogen-bond donors (Lipinski definition) is 1. The number of nitrogen functional groups attached to an aromatic ring is 1. The van der Waals surface area contributed by atoms with Crippen molar-refractivity contribution in [2.24, 2.45) is 5.92 Å². The number of piperidine rings is 1. The SMILES string of the molecule is CC1CCCN(c2nnc(N)o2)C1. The molecule has 5 nitrogen and oxygen atoms in total. The quantitative estimate of drug-likeness (QED) is 0.698. The third-order valence-corrected chi connectivity index (χ3v) is 2.36. The normalized spacial score (nSPS) is 23.5. The van der Waals surface area contributed by atoms with Gasteiger partial charge >= 0.3 is 12.0 Å². The summed E-state index contributed by atoms with van der Waals surface area (Å²) in [4.78, 5) is 2.09. The molecule has 0 aliphatic carbocycles. The molecule has 1 aromatic rings. The van der Waals surface area contributed by atoms with Gasteiger partial charge in [-0.15, -0.1) is 0 Å². The molecule has 0 bridgehead atoms. The predicted octanol–water partition coefficient (Wildman–Crippen LogP) is 0.888. The van der Waals surface area contributed by atoms with Crippen LogP contribution in [0.4, 0.5) is 12.0 Å². The van der Waals surface area contributed by atoms with Crippen LogP contribution < -0.4 is 10.6 Å². The van der Waals surface area contributed by atoms with E-state index in [4.69, 9.17) is 10.2 Å². The summed E-state index contributed by atoms with van der Waals surface area (Å²) in [7, 11) is 0. The van der Waals surface area contributed by atoms with E-state index in [1.807, 2.05) is 0 Å². The molecule has 5 heteroatoms. The lowest BCUT2D eigenvalue weighted by Gasteiger charge is -2.28. The van der Waals surface area contributed by atoms with Gasteiger partial charge < -0.3 is 15.1 Å². The van der Waals surface area contributed by atoms with E-state index in [-0.39, 0.29) is 6.01 Å². The molecule has 1 aliphatic heterocycles. The van der Waals surface area contributed by atoms with Crippen molar-refractivity contribution in [3.8, 4) is 0 Å². The van der Waals surface area contributed by atoms with E-state index < -0.39 is 0 Å². The summed E-state index contributed by atoms with van der Waals surface area (Å²) in [6, 6.07) is 0.706. The van der Waals surface area contributed by atoms with Gasteiger partial charge in [-0.05, 0) is 18.8 Å². The molecule has 13 heavy (non-hydrogen) atoms. The molecule has 0 radical (unpaired) electrons. The van der Waals surface area contributed by atoms with E-state index in [2.05, 4.69) is 22.0 Å². The van der Waals surface area contributed by atoms with Crippen LogP contribution in [0, 0.1) is 5.92 Å². The molecule has 2 rings (SSSR count). The Morgan fingerprint density at radius 1 is 1.54 bits per heavy atom. The highest BCUT2D eigenvalue weighted by Gasteiger charge is 2.20. The Hall–Kier alpha value is -1.26. The minimum atomic E-state index is 0.147. The zero-order valence-electron chi connectivity index (χ0n) is 7.73. The molecule has 1 saturated heterocycles. The maximum absolute atomic E-state index is 5.35. The standard InChI is InChI=1S/C8H14N4O/c1-6-3-2-4-12(5-6)8-11-10-7(9)13-8/h6H,2-5H2,1H3,(H2,9,10). The highest BCUT2D eigenvalue weighted by Crippen LogP contribution is 2.21. The highest BCUT2D eigenvalue weighted by atomic mass is 16.4. The number of rotatable bonds is 1. The second-order valence-electron chi connectivity index (χ2n) is 3.62. The summed E-state index contributed by atoms with van der Waals surface area (Å²) >= 11 is 0. The van der Waals surface area contributed by atoms with E-state index in [0.717, 1.165) is 13.1 Å². The first-order valence-corrected chi connectivity index (χ1v) is 4.59. The Kier molecular flexibility index (Phi) is 2.08. The van der Waals surface area contributed by atoms with Gasteiger partial charge in [-0.25, -0.2) is 0 Å². The van der Waals surface area contributed by atoms with Crippen LogP contribution in [0.25, 0.3) is 0 Å². The second kappa shape index (κ2) is 3.24. The van der Waals surface area contributed by atoms with E-state index >= 15 is 0 Å². The van der Waals surface area contributed by atoms with Gasteiger partial charge in [0.25, 0.3) is 0 Å². The fraction of sp³-hybridized carbons (Fsp3) is 0.750. The summed E-state index contributed by atoms with van der Waals surface area (Å²) in [6.07, 6.45) is 2.46. The maximum atomic E-state index is 5.35. The van der Waals surface area contributed by atoms with Crippen molar-refractivity contribution in [3.63, 3.8) is 0 Å². The molecule has 1 fully saturated rings. The lowest BCUT2D eigenvalue weighted by Crippen LogP contribution is -2.34. The molecule has 72 valence electrons. The van der Waals surface area contributed by atoms with E-state index in [1.54, 1.807) is 0 Å². The Labute approximate surface area is 76.9 Å². The van der Waals surface area contributed by atoms with Gasteiger partial charge in [-0.1, -0.05) is 17.1 Å². The maximum Gasteiger partial charge on any atom is 0.319 e. The van der Waals surface area contributed by atoms with Crippen molar-refractivity contribution in [3.05, 3.63) is 0 Å². The minimum absolute atomic E-state index is 0.147.